The first-order valence-electron chi connectivity index (χ1n) is 9.31. The number of rotatable bonds is 7. The largest absolute Gasteiger partial charge is 0.470 e. The highest BCUT2D eigenvalue weighted by Crippen LogP contribution is 2.33. The van der Waals surface area contributed by atoms with E-state index in [0.29, 0.717) is 17.2 Å². The van der Waals surface area contributed by atoms with Crippen LogP contribution in [0.4, 0.5) is 4.39 Å². The van der Waals surface area contributed by atoms with Crippen LogP contribution in [-0.2, 0) is 14.4 Å². The number of benzene rings is 2. The Morgan fingerprint density at radius 1 is 1.00 bits per heavy atom. The van der Waals surface area contributed by atoms with Crippen molar-refractivity contribution in [3.05, 3.63) is 71.3 Å². The molecule has 1 aliphatic rings. The lowest BCUT2D eigenvalue weighted by Crippen LogP contribution is -2.25. The fourth-order valence-corrected chi connectivity index (χ4v) is 2.85. The molecule has 172 valence electrons. The fourth-order valence-electron chi connectivity index (χ4n) is 2.68. The van der Waals surface area contributed by atoms with Crippen molar-refractivity contribution < 1.29 is 28.3 Å². The van der Waals surface area contributed by atoms with Gasteiger partial charge in [0.1, 0.15) is 31.5 Å². The molecule has 3 aromatic rings. The van der Waals surface area contributed by atoms with Crippen molar-refractivity contribution in [2.45, 2.75) is 7.43 Å². The van der Waals surface area contributed by atoms with Gasteiger partial charge in [0.2, 0.25) is 5.82 Å². The zero-order chi connectivity index (χ0) is 22.3. The van der Waals surface area contributed by atoms with E-state index in [1.165, 1.54) is 7.11 Å². The van der Waals surface area contributed by atoms with Gasteiger partial charge in [-0.2, -0.15) is 14.4 Å². The van der Waals surface area contributed by atoms with Crippen molar-refractivity contribution in [3.63, 3.8) is 0 Å². The van der Waals surface area contributed by atoms with Crippen molar-refractivity contribution in [3.8, 4) is 23.3 Å². The normalized spacial score (nSPS) is 13.1. The van der Waals surface area contributed by atoms with E-state index >= 15 is 4.39 Å². The monoisotopic (exact) mass is 474 g/mol. The van der Waals surface area contributed by atoms with Crippen LogP contribution < -0.4 is 9.47 Å². The smallest absolute Gasteiger partial charge is 0.280 e. The van der Waals surface area contributed by atoms with E-state index in [4.69, 9.17) is 35.5 Å². The van der Waals surface area contributed by atoms with Gasteiger partial charge in [-0.3, -0.25) is 0 Å². The number of halogens is 2. The quantitative estimate of drug-likeness (QED) is 0.343. The van der Waals surface area contributed by atoms with Gasteiger partial charge < -0.3 is 23.9 Å². The van der Waals surface area contributed by atoms with E-state index in [1.807, 2.05) is 0 Å². The molecule has 0 saturated heterocycles. The van der Waals surface area contributed by atoms with Crippen LogP contribution in [0, 0.1) is 5.82 Å². The van der Waals surface area contributed by atoms with E-state index in [0.717, 1.165) is 6.33 Å². The molecule has 4 rings (SSSR count). The van der Waals surface area contributed by atoms with E-state index in [2.05, 4.69) is 20.3 Å². The summed E-state index contributed by atoms with van der Waals surface area (Å²) in [6.07, 6.45) is 1.11. The first kappa shape index (κ1) is 23.7. The molecule has 0 fully saturated rings. The van der Waals surface area contributed by atoms with Crippen LogP contribution in [0.5, 0.6) is 23.3 Å². The third-order valence-electron chi connectivity index (χ3n) is 4.06. The number of para-hydroxylation sites is 2. The highest BCUT2D eigenvalue weighted by molar-refractivity contribution is 6.45. The van der Waals surface area contributed by atoms with Gasteiger partial charge in [-0.1, -0.05) is 48.4 Å². The Labute approximate surface area is 194 Å². The minimum absolute atomic E-state index is 0. The molecule has 0 amide bonds. The second-order valence-corrected chi connectivity index (χ2v) is 6.54. The molecular weight excluding hydrogens is 455 g/mol. The first-order valence-corrected chi connectivity index (χ1v) is 9.69. The van der Waals surface area contributed by atoms with E-state index < -0.39 is 5.82 Å². The van der Waals surface area contributed by atoms with E-state index in [-0.39, 0.29) is 48.9 Å². The molecule has 0 aliphatic carbocycles. The third kappa shape index (κ3) is 5.47. The number of aromatic nitrogens is 2. The number of oxime groups is 2. The number of hydrogen-bond acceptors (Lipinski definition) is 9. The Balaban J connectivity index is 0.00000306. The molecule has 1 aliphatic heterocycles. The second kappa shape index (κ2) is 11.1. The van der Waals surface area contributed by atoms with Crippen LogP contribution >= 0.6 is 11.6 Å². The Hall–Kier alpha value is -3.92. The lowest BCUT2D eigenvalue weighted by atomic mass is 10.1. The van der Waals surface area contributed by atoms with Gasteiger partial charge in [-0.25, -0.2) is 0 Å². The molecule has 0 saturated carbocycles. The van der Waals surface area contributed by atoms with Gasteiger partial charge in [0.05, 0.1) is 10.6 Å². The maximum absolute atomic E-state index is 15.1. The first-order chi connectivity index (χ1) is 15.7. The topological polar surface area (TPSA) is 96.7 Å². The molecule has 0 spiro atoms. The highest BCUT2D eigenvalue weighted by Gasteiger charge is 2.24. The number of ether oxygens (including phenoxy) is 3. The van der Waals surface area contributed by atoms with Crippen LogP contribution in [0.2, 0.25) is 5.02 Å². The zero-order valence-electron chi connectivity index (χ0n) is 16.7. The van der Waals surface area contributed by atoms with E-state index in [1.54, 1.807) is 48.5 Å². The molecule has 0 atom stereocenters. The van der Waals surface area contributed by atoms with Gasteiger partial charge in [-0.15, -0.1) is 0 Å². The van der Waals surface area contributed by atoms with Crippen molar-refractivity contribution >= 4 is 23.2 Å². The minimum Gasteiger partial charge on any atom is -0.470 e. The lowest BCUT2D eigenvalue weighted by molar-refractivity contribution is 0.0672. The average molecular weight is 475 g/mol. The van der Waals surface area contributed by atoms with Crippen LogP contribution in [-0.4, -0.2) is 41.9 Å². The van der Waals surface area contributed by atoms with Crippen LogP contribution in [0.15, 0.2) is 65.2 Å². The molecule has 1 aromatic heterocycles. The van der Waals surface area contributed by atoms with Gasteiger partial charge in [0.25, 0.3) is 17.7 Å². The third-order valence-corrected chi connectivity index (χ3v) is 4.38. The average Bonchev–Trinajstić information content (AvgIpc) is 2.82. The summed E-state index contributed by atoms with van der Waals surface area (Å²) in [4.78, 5) is 17.7. The number of nitrogens with zero attached hydrogens (tertiary/aromatic N) is 4. The Morgan fingerprint density at radius 3 is 2.33 bits per heavy atom. The lowest BCUT2D eigenvalue weighted by Gasteiger charge is -2.17. The molecule has 2 aromatic carbocycles. The number of hydrogen-bond donors (Lipinski definition) is 0. The summed E-state index contributed by atoms with van der Waals surface area (Å²) >= 11 is 6.07. The summed E-state index contributed by atoms with van der Waals surface area (Å²) in [6, 6.07) is 13.3. The molecule has 33 heavy (non-hydrogen) atoms. The summed E-state index contributed by atoms with van der Waals surface area (Å²) in [5.74, 6) is -1.09. The standard InChI is InChI=1S/C21H16ClFN4O5.CH4/c1-28-26-18(21-27-30-11-10-29-21)13-6-2-4-8-15(13)31-19-17(23)20(25-12-24-19)32-16-9-5-3-7-14(16)22;/h2-9,12H,10-11H2,1H3;1H4/b26-18+;. The molecule has 9 nitrogen and oxygen atoms in total. The highest BCUT2D eigenvalue weighted by atomic mass is 35.5. The van der Waals surface area contributed by atoms with Crippen molar-refractivity contribution in [2.24, 2.45) is 10.3 Å². The summed E-state index contributed by atoms with van der Waals surface area (Å²) in [6.45, 7) is 0.593. The predicted molar refractivity (Wildman–Crippen MR) is 120 cm³/mol. The summed E-state index contributed by atoms with van der Waals surface area (Å²) in [5.41, 5.74) is 0.606. The van der Waals surface area contributed by atoms with Gasteiger partial charge >= 0.3 is 0 Å². The Morgan fingerprint density at radius 2 is 1.67 bits per heavy atom. The van der Waals surface area contributed by atoms with E-state index in [9.17, 15) is 0 Å². The molecule has 0 N–H and O–H groups in total. The predicted octanol–water partition coefficient (Wildman–Crippen LogP) is 5.20. The van der Waals surface area contributed by atoms with Gasteiger partial charge in [0, 0.05) is 0 Å². The Bertz CT molecular complexity index is 1180. The molecule has 0 bridgehead atoms. The van der Waals surface area contributed by atoms with Gasteiger partial charge in [-0.05, 0) is 29.4 Å². The SMILES string of the molecule is C.CO/N=C(/C1=NOCCO1)c1ccccc1Oc1ncnc(Oc2ccccc2Cl)c1F. The second-order valence-electron chi connectivity index (χ2n) is 6.13. The van der Waals surface area contributed by atoms with Crippen molar-refractivity contribution in [1.29, 1.82) is 0 Å². The summed E-state index contributed by atoms with van der Waals surface area (Å²) in [7, 11) is 1.37. The van der Waals surface area contributed by atoms with Gasteiger partial charge in [0.15, 0.2) is 12.3 Å². The summed E-state index contributed by atoms with van der Waals surface area (Å²) < 4.78 is 31.8. The molecule has 2 heterocycles. The summed E-state index contributed by atoms with van der Waals surface area (Å²) in [5, 5.41) is 8.12. The minimum atomic E-state index is -0.915. The molecule has 11 heteroatoms. The fraction of sp³-hybridized carbons (Fsp3) is 0.182. The van der Waals surface area contributed by atoms with Crippen LogP contribution in [0.25, 0.3) is 0 Å². The molecule has 0 radical (unpaired) electrons. The van der Waals surface area contributed by atoms with Crippen LogP contribution in [0.3, 0.4) is 0 Å². The van der Waals surface area contributed by atoms with Crippen LogP contribution in [0.1, 0.15) is 13.0 Å². The molecular formula is C22H20ClFN4O5. The van der Waals surface area contributed by atoms with Crippen molar-refractivity contribution in [2.75, 3.05) is 20.3 Å². The Kier molecular flexibility index (Phi) is 7.98. The zero-order valence-corrected chi connectivity index (χ0v) is 17.5. The maximum atomic E-state index is 15.1. The molecule has 0 unspecified atom stereocenters. The van der Waals surface area contributed by atoms with Crippen molar-refractivity contribution in [1.82, 2.24) is 9.97 Å². The maximum Gasteiger partial charge on any atom is 0.280 e.